The number of unbranched alkanes of at least 4 members (excludes halogenated alkanes) is 7. The third-order valence-electron chi connectivity index (χ3n) is 4.84. The molecule has 0 aliphatic carbocycles. The Hall–Kier alpha value is -0.0800. The highest BCUT2D eigenvalue weighted by molar-refractivity contribution is 4.72. The van der Waals surface area contributed by atoms with E-state index in [1.165, 1.54) is 103 Å². The Bertz CT molecular complexity index is 212. The van der Waals surface area contributed by atoms with Crippen molar-refractivity contribution in [3.8, 4) is 0 Å². The summed E-state index contributed by atoms with van der Waals surface area (Å²) in [4.78, 5) is 2.74. The largest absolute Gasteiger partial charge is 0.317 e. The number of nitrogens with one attached hydrogen (secondary N) is 1. The molecule has 0 radical (unpaired) electrons. The van der Waals surface area contributed by atoms with Gasteiger partial charge in [-0.1, -0.05) is 58.8 Å². The number of piperidine rings is 1. The van der Waals surface area contributed by atoms with Crippen LogP contribution >= 0.6 is 0 Å². The maximum Gasteiger partial charge on any atom is 0.00106 e. The van der Waals surface area contributed by atoms with E-state index < -0.39 is 0 Å². The zero-order valence-electron chi connectivity index (χ0n) is 14.8. The normalized spacial score (nSPS) is 16.7. The third-order valence-corrected chi connectivity index (χ3v) is 4.84. The first kappa shape index (κ1) is 19.0. The fourth-order valence-electron chi connectivity index (χ4n) is 3.51. The lowest BCUT2D eigenvalue weighted by atomic mass is 9.97. The van der Waals surface area contributed by atoms with Gasteiger partial charge >= 0.3 is 0 Å². The fraction of sp³-hybridized carbons (Fsp3) is 1.00. The van der Waals surface area contributed by atoms with E-state index in [1.807, 2.05) is 0 Å². The van der Waals surface area contributed by atoms with Gasteiger partial charge in [-0.2, -0.15) is 0 Å². The number of nitrogens with zero attached hydrogens (tertiary/aromatic N) is 1. The highest BCUT2D eigenvalue weighted by atomic mass is 15.1. The van der Waals surface area contributed by atoms with Crippen LogP contribution in [0.25, 0.3) is 0 Å². The molecule has 0 spiro atoms. The second kappa shape index (κ2) is 13.6. The minimum atomic E-state index is 0.951. The molecule has 0 aromatic rings. The summed E-state index contributed by atoms with van der Waals surface area (Å²) in [5.41, 5.74) is 0. The highest BCUT2D eigenvalue weighted by Gasteiger charge is 2.16. The smallest absolute Gasteiger partial charge is 0.00106 e. The van der Waals surface area contributed by atoms with Crippen molar-refractivity contribution in [2.75, 3.05) is 32.7 Å². The molecule has 0 saturated carbocycles. The number of hydrogen-bond acceptors (Lipinski definition) is 2. The topological polar surface area (TPSA) is 15.3 Å². The molecule has 1 heterocycles. The molecular weight excluding hydrogens is 256 g/mol. The van der Waals surface area contributed by atoms with Crippen molar-refractivity contribution in [2.45, 2.75) is 84.5 Å². The summed E-state index contributed by atoms with van der Waals surface area (Å²) >= 11 is 0. The van der Waals surface area contributed by atoms with Gasteiger partial charge in [0, 0.05) is 6.54 Å². The van der Waals surface area contributed by atoms with E-state index in [1.54, 1.807) is 0 Å². The highest BCUT2D eigenvalue weighted by Crippen LogP contribution is 2.15. The van der Waals surface area contributed by atoms with E-state index in [2.05, 4.69) is 24.1 Å². The Morgan fingerprint density at radius 3 is 2.00 bits per heavy atom. The van der Waals surface area contributed by atoms with Crippen molar-refractivity contribution in [3.63, 3.8) is 0 Å². The van der Waals surface area contributed by atoms with E-state index >= 15 is 0 Å². The van der Waals surface area contributed by atoms with Crippen molar-refractivity contribution in [1.82, 2.24) is 10.2 Å². The molecule has 21 heavy (non-hydrogen) atoms. The van der Waals surface area contributed by atoms with Gasteiger partial charge in [-0.25, -0.2) is 0 Å². The summed E-state index contributed by atoms with van der Waals surface area (Å²) in [5.74, 6) is 0.951. The molecule has 2 nitrogen and oxygen atoms in total. The molecular formula is C19H40N2. The standard InChI is InChI=1S/C19H40N2/c1-3-5-6-7-8-9-10-11-17-21(16-4-2)18-19-12-14-20-15-13-19/h19-20H,3-18H2,1-2H3. The van der Waals surface area contributed by atoms with Gasteiger partial charge in [0.15, 0.2) is 0 Å². The molecule has 126 valence electrons. The first-order chi connectivity index (χ1) is 10.4. The van der Waals surface area contributed by atoms with E-state index in [9.17, 15) is 0 Å². The third kappa shape index (κ3) is 10.3. The Morgan fingerprint density at radius 2 is 1.38 bits per heavy atom. The number of rotatable bonds is 13. The fourth-order valence-corrected chi connectivity index (χ4v) is 3.51. The Labute approximate surface area is 134 Å². The lowest BCUT2D eigenvalue weighted by Gasteiger charge is -2.30. The van der Waals surface area contributed by atoms with Gasteiger partial charge in [-0.15, -0.1) is 0 Å². The average molecular weight is 297 g/mol. The van der Waals surface area contributed by atoms with Crippen LogP contribution in [0.5, 0.6) is 0 Å². The molecule has 1 fully saturated rings. The van der Waals surface area contributed by atoms with Gasteiger partial charge in [0.05, 0.1) is 0 Å². The lowest BCUT2D eigenvalue weighted by molar-refractivity contribution is 0.202. The molecule has 0 aromatic carbocycles. The van der Waals surface area contributed by atoms with Crippen LogP contribution in [-0.4, -0.2) is 37.6 Å². The van der Waals surface area contributed by atoms with Crippen molar-refractivity contribution in [3.05, 3.63) is 0 Å². The van der Waals surface area contributed by atoms with Crippen molar-refractivity contribution < 1.29 is 0 Å². The van der Waals surface area contributed by atoms with Crippen LogP contribution < -0.4 is 5.32 Å². The zero-order chi connectivity index (χ0) is 15.2. The Kier molecular flexibility index (Phi) is 12.3. The SMILES string of the molecule is CCCCCCCCCCN(CCC)CC1CCNCC1. The second-order valence-corrected chi connectivity index (χ2v) is 6.97. The summed E-state index contributed by atoms with van der Waals surface area (Å²) in [6.07, 6.45) is 15.6. The zero-order valence-corrected chi connectivity index (χ0v) is 14.8. The molecule has 0 amide bonds. The molecule has 0 unspecified atom stereocenters. The molecule has 1 rings (SSSR count). The second-order valence-electron chi connectivity index (χ2n) is 6.97. The molecule has 0 bridgehead atoms. The molecule has 1 saturated heterocycles. The van der Waals surface area contributed by atoms with Gasteiger partial charge in [0.25, 0.3) is 0 Å². The minimum absolute atomic E-state index is 0.951. The van der Waals surface area contributed by atoms with Crippen LogP contribution in [0.3, 0.4) is 0 Å². The van der Waals surface area contributed by atoms with Gasteiger partial charge in [0.2, 0.25) is 0 Å². The first-order valence-corrected chi connectivity index (χ1v) is 9.79. The van der Waals surface area contributed by atoms with Crippen LogP contribution in [0.4, 0.5) is 0 Å². The van der Waals surface area contributed by atoms with Gasteiger partial charge in [-0.3, -0.25) is 0 Å². The van der Waals surface area contributed by atoms with Crippen molar-refractivity contribution in [1.29, 1.82) is 0 Å². The Balaban J connectivity index is 2.02. The summed E-state index contributed by atoms with van der Waals surface area (Å²) < 4.78 is 0. The van der Waals surface area contributed by atoms with Crippen LogP contribution in [0.15, 0.2) is 0 Å². The van der Waals surface area contributed by atoms with E-state index in [-0.39, 0.29) is 0 Å². The lowest BCUT2D eigenvalue weighted by Crippen LogP contribution is -2.37. The maximum atomic E-state index is 3.48. The maximum absolute atomic E-state index is 3.48. The summed E-state index contributed by atoms with van der Waals surface area (Å²) in [6.45, 7) is 11.1. The predicted octanol–water partition coefficient (Wildman–Crippen LogP) is 4.84. The molecule has 0 atom stereocenters. The molecule has 1 aliphatic heterocycles. The monoisotopic (exact) mass is 296 g/mol. The average Bonchev–Trinajstić information content (AvgIpc) is 2.51. The van der Waals surface area contributed by atoms with Crippen molar-refractivity contribution in [2.24, 2.45) is 5.92 Å². The quantitative estimate of drug-likeness (QED) is 0.489. The van der Waals surface area contributed by atoms with Gasteiger partial charge in [0.1, 0.15) is 0 Å². The van der Waals surface area contributed by atoms with Crippen molar-refractivity contribution >= 4 is 0 Å². The van der Waals surface area contributed by atoms with Crippen LogP contribution in [0, 0.1) is 5.92 Å². The molecule has 0 aromatic heterocycles. The summed E-state index contributed by atoms with van der Waals surface area (Å²) in [6, 6.07) is 0. The number of hydrogen-bond donors (Lipinski definition) is 1. The summed E-state index contributed by atoms with van der Waals surface area (Å²) in [7, 11) is 0. The van der Waals surface area contributed by atoms with Crippen LogP contribution in [0.2, 0.25) is 0 Å². The minimum Gasteiger partial charge on any atom is -0.317 e. The van der Waals surface area contributed by atoms with Crippen LogP contribution in [-0.2, 0) is 0 Å². The van der Waals surface area contributed by atoms with Gasteiger partial charge < -0.3 is 10.2 Å². The van der Waals surface area contributed by atoms with Gasteiger partial charge in [-0.05, 0) is 57.8 Å². The first-order valence-electron chi connectivity index (χ1n) is 9.79. The Morgan fingerprint density at radius 1 is 0.762 bits per heavy atom. The summed E-state index contributed by atoms with van der Waals surface area (Å²) in [5, 5.41) is 3.48. The van der Waals surface area contributed by atoms with E-state index in [0.29, 0.717) is 0 Å². The molecule has 2 heteroatoms. The molecule has 1 N–H and O–H groups in total. The molecule has 1 aliphatic rings. The van der Waals surface area contributed by atoms with E-state index in [4.69, 9.17) is 0 Å². The predicted molar refractivity (Wildman–Crippen MR) is 94.9 cm³/mol. The van der Waals surface area contributed by atoms with Crippen LogP contribution in [0.1, 0.15) is 84.5 Å². The van der Waals surface area contributed by atoms with E-state index in [0.717, 1.165) is 5.92 Å².